The van der Waals surface area contributed by atoms with Crippen molar-refractivity contribution in [3.05, 3.63) is 53.6 Å². The summed E-state index contributed by atoms with van der Waals surface area (Å²) in [5, 5.41) is 1.20. The number of fused-ring (bicyclic) bond motifs is 3. The molecule has 5 heteroatoms. The molecule has 1 aromatic heterocycles. The van der Waals surface area contributed by atoms with Crippen molar-refractivity contribution in [2.45, 2.75) is 38.5 Å². The predicted molar refractivity (Wildman–Crippen MR) is 131 cm³/mol. The summed E-state index contributed by atoms with van der Waals surface area (Å²) >= 11 is 0. The summed E-state index contributed by atoms with van der Waals surface area (Å²) < 4.78 is 11.9. The standard InChI is InChI=1S/C27H33N3O2/c1-29(20-10-4-3-5-11-20)27-22-13-8-12-21(22)23-18-25(31-2)26(19-24(23)28-27)32-17-9-16-30-14-6-7-15-30/h3-5,10-11,18-19H,6-9,12-17H2,1-2H3. The van der Waals surface area contributed by atoms with Gasteiger partial charge < -0.3 is 19.3 Å². The van der Waals surface area contributed by atoms with E-state index in [1.165, 1.54) is 48.9 Å². The molecule has 2 heterocycles. The first-order valence-electron chi connectivity index (χ1n) is 11.9. The van der Waals surface area contributed by atoms with E-state index in [1.807, 2.05) is 0 Å². The maximum atomic E-state index is 6.20. The van der Waals surface area contributed by atoms with E-state index in [0.29, 0.717) is 6.61 Å². The van der Waals surface area contributed by atoms with E-state index in [1.54, 1.807) is 7.11 Å². The fourth-order valence-corrected chi connectivity index (χ4v) is 5.15. The van der Waals surface area contributed by atoms with Gasteiger partial charge in [0.15, 0.2) is 11.5 Å². The second kappa shape index (κ2) is 9.37. The first kappa shape index (κ1) is 21.1. The van der Waals surface area contributed by atoms with Gasteiger partial charge in [0.2, 0.25) is 0 Å². The van der Waals surface area contributed by atoms with E-state index < -0.39 is 0 Å². The molecule has 1 fully saturated rings. The number of pyridine rings is 1. The van der Waals surface area contributed by atoms with Gasteiger partial charge in [0, 0.05) is 30.7 Å². The van der Waals surface area contributed by atoms with Crippen molar-refractivity contribution in [3.8, 4) is 11.5 Å². The van der Waals surface area contributed by atoms with Gasteiger partial charge >= 0.3 is 0 Å². The van der Waals surface area contributed by atoms with Gasteiger partial charge in [-0.1, -0.05) is 18.2 Å². The van der Waals surface area contributed by atoms with Crippen molar-refractivity contribution in [3.63, 3.8) is 0 Å². The molecule has 2 aliphatic rings. The molecular weight excluding hydrogens is 398 g/mol. The third-order valence-corrected chi connectivity index (χ3v) is 6.86. The number of anilines is 2. The number of benzene rings is 2. The monoisotopic (exact) mass is 431 g/mol. The van der Waals surface area contributed by atoms with Gasteiger partial charge in [-0.2, -0.15) is 0 Å². The van der Waals surface area contributed by atoms with Gasteiger partial charge in [-0.05, 0) is 80.9 Å². The van der Waals surface area contributed by atoms with Gasteiger partial charge in [0.25, 0.3) is 0 Å². The van der Waals surface area contributed by atoms with Gasteiger partial charge in [0.1, 0.15) is 5.82 Å². The first-order valence-corrected chi connectivity index (χ1v) is 11.9. The second-order valence-corrected chi connectivity index (χ2v) is 8.91. The largest absolute Gasteiger partial charge is 0.493 e. The lowest BCUT2D eigenvalue weighted by Gasteiger charge is -2.23. The van der Waals surface area contributed by atoms with Crippen LogP contribution in [-0.4, -0.2) is 50.3 Å². The molecule has 3 aromatic rings. The number of aromatic nitrogens is 1. The molecule has 0 amide bonds. The molecule has 1 aliphatic carbocycles. The summed E-state index contributed by atoms with van der Waals surface area (Å²) in [4.78, 5) is 9.87. The number of nitrogens with zero attached hydrogens (tertiary/aromatic N) is 3. The van der Waals surface area contributed by atoms with E-state index in [2.05, 4.69) is 59.3 Å². The molecule has 0 radical (unpaired) electrons. The molecule has 0 bridgehead atoms. The van der Waals surface area contributed by atoms with Crippen molar-refractivity contribution in [2.75, 3.05) is 45.3 Å². The average Bonchev–Trinajstić information content (AvgIpc) is 3.53. The molecule has 32 heavy (non-hydrogen) atoms. The van der Waals surface area contributed by atoms with Gasteiger partial charge in [0.05, 0.1) is 19.2 Å². The Morgan fingerprint density at radius 3 is 2.53 bits per heavy atom. The molecule has 0 spiro atoms. The third kappa shape index (κ3) is 4.14. The van der Waals surface area contributed by atoms with Crippen LogP contribution in [0, 0.1) is 0 Å². The minimum Gasteiger partial charge on any atom is -0.493 e. The molecule has 2 aromatic carbocycles. The number of likely N-dealkylation sites (tertiary alicyclic amines) is 1. The zero-order valence-electron chi connectivity index (χ0n) is 19.3. The normalized spacial score (nSPS) is 15.8. The van der Waals surface area contributed by atoms with Gasteiger partial charge in [-0.15, -0.1) is 0 Å². The molecule has 5 rings (SSSR count). The predicted octanol–water partition coefficient (Wildman–Crippen LogP) is 5.36. The van der Waals surface area contributed by atoms with Crippen LogP contribution in [0.4, 0.5) is 11.5 Å². The smallest absolute Gasteiger partial charge is 0.163 e. The number of methoxy groups -OCH3 is 1. The van der Waals surface area contributed by atoms with Crippen molar-refractivity contribution in [1.82, 2.24) is 9.88 Å². The van der Waals surface area contributed by atoms with Crippen LogP contribution in [0.15, 0.2) is 42.5 Å². The lowest BCUT2D eigenvalue weighted by atomic mass is 10.0. The molecule has 1 aliphatic heterocycles. The summed E-state index contributed by atoms with van der Waals surface area (Å²) in [5.41, 5.74) is 4.91. The average molecular weight is 432 g/mol. The first-order chi connectivity index (χ1) is 15.7. The van der Waals surface area contributed by atoms with Gasteiger partial charge in [-0.3, -0.25) is 0 Å². The highest BCUT2D eigenvalue weighted by molar-refractivity contribution is 5.90. The molecule has 5 nitrogen and oxygen atoms in total. The third-order valence-electron chi connectivity index (χ3n) is 6.86. The topological polar surface area (TPSA) is 37.8 Å². The fourth-order valence-electron chi connectivity index (χ4n) is 5.15. The Morgan fingerprint density at radius 2 is 1.75 bits per heavy atom. The van der Waals surface area contributed by atoms with Crippen molar-refractivity contribution < 1.29 is 9.47 Å². The molecule has 0 unspecified atom stereocenters. The number of rotatable bonds is 8. The Morgan fingerprint density at radius 1 is 0.969 bits per heavy atom. The quantitative estimate of drug-likeness (QED) is 0.449. The highest BCUT2D eigenvalue weighted by Crippen LogP contribution is 2.41. The Labute approximate surface area is 191 Å². The molecular formula is C27H33N3O2. The fraction of sp³-hybridized carbons (Fsp3) is 0.444. The van der Waals surface area contributed by atoms with Crippen LogP contribution >= 0.6 is 0 Å². The van der Waals surface area contributed by atoms with Crippen molar-refractivity contribution in [1.29, 1.82) is 0 Å². The Hall–Kier alpha value is -2.79. The summed E-state index contributed by atoms with van der Waals surface area (Å²) in [6.07, 6.45) is 7.01. The molecule has 0 N–H and O–H groups in total. The molecule has 1 saturated heterocycles. The van der Waals surface area contributed by atoms with Crippen LogP contribution in [0.3, 0.4) is 0 Å². The minimum atomic E-state index is 0.695. The zero-order valence-corrected chi connectivity index (χ0v) is 19.3. The Kier molecular flexibility index (Phi) is 6.17. The lowest BCUT2D eigenvalue weighted by molar-refractivity contribution is 0.254. The van der Waals surface area contributed by atoms with E-state index in [9.17, 15) is 0 Å². The van der Waals surface area contributed by atoms with Crippen molar-refractivity contribution in [2.24, 2.45) is 0 Å². The highest BCUT2D eigenvalue weighted by atomic mass is 16.5. The number of hydrogen-bond donors (Lipinski definition) is 0. The van der Waals surface area contributed by atoms with E-state index >= 15 is 0 Å². The van der Waals surface area contributed by atoms with E-state index in [0.717, 1.165) is 54.3 Å². The summed E-state index contributed by atoms with van der Waals surface area (Å²) in [7, 11) is 3.84. The summed E-state index contributed by atoms with van der Waals surface area (Å²) in [5.74, 6) is 2.65. The maximum absolute atomic E-state index is 6.20. The number of hydrogen-bond acceptors (Lipinski definition) is 5. The lowest BCUT2D eigenvalue weighted by Crippen LogP contribution is -2.21. The number of aryl methyl sites for hydroxylation is 1. The second-order valence-electron chi connectivity index (χ2n) is 8.91. The Bertz CT molecular complexity index is 1080. The van der Waals surface area contributed by atoms with Crippen molar-refractivity contribution >= 4 is 22.4 Å². The van der Waals surface area contributed by atoms with Crippen LogP contribution in [0.25, 0.3) is 10.9 Å². The van der Waals surface area contributed by atoms with Crippen LogP contribution in [0.2, 0.25) is 0 Å². The van der Waals surface area contributed by atoms with Gasteiger partial charge in [-0.25, -0.2) is 4.98 Å². The van der Waals surface area contributed by atoms with Crippen LogP contribution in [0.5, 0.6) is 11.5 Å². The van der Waals surface area contributed by atoms with E-state index in [4.69, 9.17) is 14.5 Å². The van der Waals surface area contributed by atoms with Crippen LogP contribution in [0.1, 0.15) is 36.8 Å². The summed E-state index contributed by atoms with van der Waals surface area (Å²) in [6, 6.07) is 14.7. The minimum absolute atomic E-state index is 0.695. The maximum Gasteiger partial charge on any atom is 0.163 e. The molecule has 0 saturated carbocycles. The Balaban J connectivity index is 1.45. The zero-order chi connectivity index (χ0) is 21.9. The van der Waals surface area contributed by atoms with Crippen LogP contribution in [-0.2, 0) is 12.8 Å². The number of ether oxygens (including phenoxy) is 2. The SMILES string of the molecule is COc1cc2c3c(c(N(C)c4ccccc4)nc2cc1OCCCN1CCCC1)CCC3. The summed E-state index contributed by atoms with van der Waals surface area (Å²) in [6.45, 7) is 4.26. The van der Waals surface area contributed by atoms with E-state index in [-0.39, 0.29) is 0 Å². The molecule has 168 valence electrons. The molecule has 0 atom stereocenters. The highest BCUT2D eigenvalue weighted by Gasteiger charge is 2.24. The number of para-hydroxylation sites is 1. The van der Waals surface area contributed by atoms with Crippen LogP contribution < -0.4 is 14.4 Å².